The highest BCUT2D eigenvalue weighted by molar-refractivity contribution is 7.98. The second-order valence-corrected chi connectivity index (χ2v) is 10.4. The number of fused-ring (bicyclic) bond motifs is 1. The first-order chi connectivity index (χ1) is 16.2. The lowest BCUT2D eigenvalue weighted by Crippen LogP contribution is -2.35. The number of nitrogens with one attached hydrogen (secondary N) is 1. The summed E-state index contributed by atoms with van der Waals surface area (Å²) in [6, 6.07) is 5.55. The van der Waals surface area contributed by atoms with Crippen LogP contribution in [0.5, 0.6) is 0 Å². The van der Waals surface area contributed by atoms with Gasteiger partial charge < -0.3 is 20.0 Å². The normalized spacial score (nSPS) is 19.9. The van der Waals surface area contributed by atoms with Crippen molar-refractivity contribution in [3.05, 3.63) is 40.5 Å². The average Bonchev–Trinajstić information content (AvgIpc) is 3.38. The first kappa shape index (κ1) is 24.8. The zero-order chi connectivity index (χ0) is 24.4. The smallest absolute Gasteiger partial charge is 0.259 e. The number of hydrogen-bond acceptors (Lipinski definition) is 7. The Morgan fingerprint density at radius 3 is 2.53 bits per heavy atom. The van der Waals surface area contributed by atoms with E-state index < -0.39 is 0 Å². The third kappa shape index (κ3) is 5.47. The molecule has 0 spiro atoms. The van der Waals surface area contributed by atoms with Crippen molar-refractivity contribution in [1.82, 2.24) is 19.8 Å². The monoisotopic (exact) mass is 502 g/mol. The average molecular weight is 503 g/mol. The summed E-state index contributed by atoms with van der Waals surface area (Å²) < 4.78 is 0. The minimum atomic E-state index is -0.0151. The van der Waals surface area contributed by atoms with Crippen LogP contribution in [0, 0.1) is 18.8 Å². The fraction of sp³-hybridized carbons (Fsp3) is 0.500. The summed E-state index contributed by atoms with van der Waals surface area (Å²) in [6.45, 7) is 5.90. The Balaban J connectivity index is 1.28. The highest BCUT2D eigenvalue weighted by atomic mass is 35.5. The van der Waals surface area contributed by atoms with Gasteiger partial charge in [-0.15, -0.1) is 0 Å². The molecule has 4 rings (SSSR count). The van der Waals surface area contributed by atoms with Gasteiger partial charge in [-0.1, -0.05) is 29.4 Å². The van der Waals surface area contributed by atoms with Gasteiger partial charge >= 0.3 is 0 Å². The van der Waals surface area contributed by atoms with Crippen molar-refractivity contribution in [2.75, 3.05) is 63.3 Å². The van der Waals surface area contributed by atoms with Crippen LogP contribution in [0.2, 0.25) is 5.02 Å². The molecule has 0 radical (unpaired) electrons. The van der Waals surface area contributed by atoms with E-state index in [9.17, 15) is 9.59 Å². The summed E-state index contributed by atoms with van der Waals surface area (Å²) in [7, 11) is 3.78. The van der Waals surface area contributed by atoms with Gasteiger partial charge in [0, 0.05) is 70.1 Å². The predicted molar refractivity (Wildman–Crippen MR) is 137 cm³/mol. The largest absolute Gasteiger partial charge is 0.362 e. The van der Waals surface area contributed by atoms with E-state index in [1.54, 1.807) is 12.3 Å². The summed E-state index contributed by atoms with van der Waals surface area (Å²) in [5.41, 5.74) is 2.26. The van der Waals surface area contributed by atoms with Gasteiger partial charge in [0.1, 0.15) is 11.4 Å². The molecule has 0 saturated carbocycles. The maximum absolute atomic E-state index is 13.3. The Morgan fingerprint density at radius 1 is 1.21 bits per heavy atom. The fourth-order valence-electron chi connectivity index (χ4n) is 4.71. The Morgan fingerprint density at radius 2 is 1.91 bits per heavy atom. The topological polar surface area (TPSA) is 81.7 Å². The number of benzene rings is 1. The van der Waals surface area contributed by atoms with Gasteiger partial charge in [-0.2, -0.15) is 0 Å². The Hall–Kier alpha value is -2.36. The summed E-state index contributed by atoms with van der Waals surface area (Å²) in [4.78, 5) is 40.6. The number of rotatable bonds is 7. The molecule has 2 fully saturated rings. The van der Waals surface area contributed by atoms with Crippen LogP contribution in [0.1, 0.15) is 22.3 Å². The molecule has 10 heteroatoms. The van der Waals surface area contributed by atoms with Crippen molar-refractivity contribution >= 4 is 46.7 Å². The van der Waals surface area contributed by atoms with Crippen molar-refractivity contribution in [1.29, 1.82) is 0 Å². The number of carbonyl (C=O) groups excluding carboxylic acids is 2. The van der Waals surface area contributed by atoms with E-state index in [0.717, 1.165) is 37.4 Å². The van der Waals surface area contributed by atoms with Gasteiger partial charge in [0.05, 0.1) is 0 Å². The molecule has 2 aliphatic heterocycles. The zero-order valence-electron chi connectivity index (χ0n) is 20.0. The number of aromatic nitrogens is 2. The number of carbonyl (C=O) groups is 2. The number of hydrogen-bond donors (Lipinski definition) is 1. The quantitative estimate of drug-likeness (QED) is 0.459. The van der Waals surface area contributed by atoms with Crippen LogP contribution in [0.4, 0.5) is 11.5 Å². The van der Waals surface area contributed by atoms with Crippen LogP contribution in [0.25, 0.3) is 0 Å². The lowest BCUT2D eigenvalue weighted by Gasteiger charge is -2.23. The first-order valence-corrected chi connectivity index (χ1v) is 13.0. The van der Waals surface area contributed by atoms with Crippen molar-refractivity contribution in [3.63, 3.8) is 0 Å². The summed E-state index contributed by atoms with van der Waals surface area (Å²) in [5, 5.41) is 4.23. The molecule has 1 aromatic heterocycles. The molecular weight excluding hydrogens is 472 g/mol. The van der Waals surface area contributed by atoms with Gasteiger partial charge in [0.25, 0.3) is 5.91 Å². The number of thioether (sulfide) groups is 1. The third-order valence-corrected chi connectivity index (χ3v) is 7.51. The maximum atomic E-state index is 13.3. The number of aryl methyl sites for hydroxylation is 1. The van der Waals surface area contributed by atoms with Gasteiger partial charge in [0.2, 0.25) is 5.91 Å². The standard InChI is InChI=1S/C24H31ClN6O2S/c1-15-5-6-18(9-20(15)25)27-21(32)7-8-30-11-16-13-31(14-17(16)12-30)23(33)19-10-26-24(34-4)28-22(19)29(2)3/h5-6,9-10,16-17H,7-8,11-14H2,1-4H3,(H,27,32). The molecular formula is C24H31ClN6O2S. The molecule has 34 heavy (non-hydrogen) atoms. The number of halogens is 1. The predicted octanol–water partition coefficient (Wildman–Crippen LogP) is 3.26. The second-order valence-electron chi connectivity index (χ2n) is 9.24. The molecule has 2 atom stereocenters. The molecule has 0 bridgehead atoms. The molecule has 8 nitrogen and oxygen atoms in total. The highest BCUT2D eigenvalue weighted by Crippen LogP contribution is 2.33. The van der Waals surface area contributed by atoms with Crippen LogP contribution in [-0.4, -0.2) is 84.7 Å². The van der Waals surface area contributed by atoms with Gasteiger partial charge in [-0.05, 0) is 42.7 Å². The zero-order valence-corrected chi connectivity index (χ0v) is 21.6. The summed E-state index contributed by atoms with van der Waals surface area (Å²) in [6.07, 6.45) is 4.00. The molecule has 1 N–H and O–H groups in total. The van der Waals surface area contributed by atoms with Gasteiger partial charge in [-0.3, -0.25) is 9.59 Å². The second kappa shape index (κ2) is 10.5. The number of likely N-dealkylation sites (tertiary alicyclic amines) is 2. The van der Waals surface area contributed by atoms with Gasteiger partial charge in [0.15, 0.2) is 5.16 Å². The first-order valence-electron chi connectivity index (χ1n) is 11.4. The van der Waals surface area contributed by atoms with Gasteiger partial charge in [-0.25, -0.2) is 9.97 Å². The fourth-order valence-corrected chi connectivity index (χ4v) is 5.23. The van der Waals surface area contributed by atoms with E-state index in [0.29, 0.717) is 46.4 Å². The van der Waals surface area contributed by atoms with Crippen LogP contribution >= 0.6 is 23.4 Å². The van der Waals surface area contributed by atoms with Crippen LogP contribution in [0.15, 0.2) is 29.6 Å². The van der Waals surface area contributed by atoms with Crippen molar-refractivity contribution in [3.8, 4) is 0 Å². The molecule has 2 saturated heterocycles. The lowest BCUT2D eigenvalue weighted by atomic mass is 10.0. The molecule has 2 aromatic rings. The van der Waals surface area contributed by atoms with Crippen LogP contribution in [0.3, 0.4) is 0 Å². The van der Waals surface area contributed by atoms with E-state index in [4.69, 9.17) is 11.6 Å². The van der Waals surface area contributed by atoms with E-state index >= 15 is 0 Å². The lowest BCUT2D eigenvalue weighted by molar-refractivity contribution is -0.116. The van der Waals surface area contributed by atoms with Crippen molar-refractivity contribution < 1.29 is 9.59 Å². The van der Waals surface area contributed by atoms with E-state index in [-0.39, 0.29) is 11.8 Å². The van der Waals surface area contributed by atoms with Crippen molar-refractivity contribution in [2.24, 2.45) is 11.8 Å². The summed E-state index contributed by atoms with van der Waals surface area (Å²) >= 11 is 7.61. The van der Waals surface area contributed by atoms with E-state index in [1.807, 2.05) is 49.2 Å². The third-order valence-electron chi connectivity index (χ3n) is 6.54. The Kier molecular flexibility index (Phi) is 7.64. The summed E-state index contributed by atoms with van der Waals surface area (Å²) in [5.74, 6) is 1.49. The molecule has 2 amide bonds. The SMILES string of the molecule is CSc1ncc(C(=O)N2CC3CN(CCC(=O)Nc4ccc(C)c(Cl)c4)CC3C2)c(N(C)C)n1. The minimum Gasteiger partial charge on any atom is -0.362 e. The molecule has 3 heterocycles. The molecule has 182 valence electrons. The number of nitrogens with zero attached hydrogens (tertiary/aromatic N) is 5. The van der Waals surface area contributed by atoms with E-state index in [2.05, 4.69) is 20.2 Å². The number of anilines is 2. The van der Waals surface area contributed by atoms with Crippen molar-refractivity contribution in [2.45, 2.75) is 18.5 Å². The molecule has 2 unspecified atom stereocenters. The van der Waals surface area contributed by atoms with Crippen LogP contribution < -0.4 is 10.2 Å². The number of amides is 2. The molecule has 2 aliphatic rings. The van der Waals surface area contributed by atoms with Crippen LogP contribution in [-0.2, 0) is 4.79 Å². The highest BCUT2D eigenvalue weighted by Gasteiger charge is 2.42. The van der Waals surface area contributed by atoms with E-state index in [1.165, 1.54) is 11.8 Å². The minimum absolute atomic E-state index is 0.00607. The molecule has 0 aliphatic carbocycles. The Bertz CT molecular complexity index is 1070. The maximum Gasteiger partial charge on any atom is 0.259 e. The Labute approximate surface area is 210 Å². The molecule has 1 aromatic carbocycles.